The van der Waals surface area contributed by atoms with Gasteiger partial charge in [0.05, 0.1) is 22.5 Å². The summed E-state index contributed by atoms with van der Waals surface area (Å²) < 4.78 is 1.28. The summed E-state index contributed by atoms with van der Waals surface area (Å²) in [6.45, 7) is 0.423. The number of nitrogens with one attached hydrogen (secondary N) is 1. The molecule has 0 aliphatic carbocycles. The number of amides is 1. The molecule has 1 amide bonds. The van der Waals surface area contributed by atoms with Crippen molar-refractivity contribution < 1.29 is 19.6 Å². The van der Waals surface area contributed by atoms with E-state index in [0.29, 0.717) is 0 Å². The Kier molecular flexibility index (Phi) is 4.23. The Hall–Kier alpha value is -2.82. The van der Waals surface area contributed by atoms with Crippen molar-refractivity contribution in [3.8, 4) is 0 Å². The molecule has 0 atom stereocenters. The maximum atomic E-state index is 11.7. The second-order valence-corrected chi connectivity index (χ2v) is 4.89. The van der Waals surface area contributed by atoms with Gasteiger partial charge in [-0.05, 0) is 6.07 Å². The van der Waals surface area contributed by atoms with Crippen molar-refractivity contribution in [1.82, 2.24) is 20.3 Å². The van der Waals surface area contributed by atoms with Gasteiger partial charge in [-0.1, -0.05) is 16.6 Å². The van der Waals surface area contributed by atoms with E-state index < -0.39 is 16.8 Å². The monoisotopic (exact) mass is 311 g/mol. The van der Waals surface area contributed by atoms with E-state index >= 15 is 0 Å². The van der Waals surface area contributed by atoms with Crippen LogP contribution in [0.2, 0.25) is 0 Å². The number of aromatic carboxylic acids is 1. The molecule has 0 spiro atoms. The Labute approximate surface area is 121 Å². The summed E-state index contributed by atoms with van der Waals surface area (Å²) in [4.78, 5) is 32.5. The number of hydrogen-bond acceptors (Lipinski definition) is 7. The number of rotatable bonds is 6. The zero-order valence-electron chi connectivity index (χ0n) is 10.4. The van der Waals surface area contributed by atoms with E-state index in [0.717, 1.165) is 11.3 Å². The lowest BCUT2D eigenvalue weighted by molar-refractivity contribution is -0.380. The Morgan fingerprint density at radius 2 is 2.24 bits per heavy atom. The standard InChI is InChI=1S/C10H9N5O5S/c16-9(7-1-2-8(21-7)15(19)20)11-3-4-14-5-6(10(17)18)12-13-14/h1-2,5H,3-4H2,(H,11,16)(H,17,18). The number of thiophene rings is 1. The van der Waals surface area contributed by atoms with Gasteiger partial charge in [0.25, 0.3) is 5.91 Å². The van der Waals surface area contributed by atoms with E-state index in [-0.39, 0.29) is 28.7 Å². The Bertz CT molecular complexity index is 694. The van der Waals surface area contributed by atoms with Crippen LogP contribution in [-0.4, -0.2) is 43.4 Å². The van der Waals surface area contributed by atoms with Gasteiger partial charge in [0.15, 0.2) is 5.69 Å². The van der Waals surface area contributed by atoms with Gasteiger partial charge in [-0.2, -0.15) is 0 Å². The van der Waals surface area contributed by atoms with Crippen LogP contribution in [0.25, 0.3) is 0 Å². The summed E-state index contributed by atoms with van der Waals surface area (Å²) in [7, 11) is 0. The Balaban J connectivity index is 1.85. The molecule has 0 bridgehead atoms. The first kappa shape index (κ1) is 14.6. The van der Waals surface area contributed by atoms with Crippen molar-refractivity contribution in [3.63, 3.8) is 0 Å². The minimum Gasteiger partial charge on any atom is -0.476 e. The summed E-state index contributed by atoms with van der Waals surface area (Å²) in [5, 5.41) is 28.6. The molecule has 11 heteroatoms. The number of nitro groups is 1. The van der Waals surface area contributed by atoms with Crippen LogP contribution in [-0.2, 0) is 6.54 Å². The van der Waals surface area contributed by atoms with Crippen LogP contribution >= 0.6 is 11.3 Å². The van der Waals surface area contributed by atoms with E-state index in [4.69, 9.17) is 5.11 Å². The molecule has 2 N–H and O–H groups in total. The quantitative estimate of drug-likeness (QED) is 0.580. The lowest BCUT2D eigenvalue weighted by Crippen LogP contribution is -2.26. The van der Waals surface area contributed by atoms with Crippen molar-refractivity contribution in [3.05, 3.63) is 39.0 Å². The minimum absolute atomic E-state index is 0.109. The van der Waals surface area contributed by atoms with Crippen molar-refractivity contribution in [2.24, 2.45) is 0 Å². The van der Waals surface area contributed by atoms with Gasteiger partial charge < -0.3 is 10.4 Å². The molecule has 2 aromatic heterocycles. The summed E-state index contributed by atoms with van der Waals surface area (Å²) in [5.74, 6) is -1.62. The molecule has 0 fully saturated rings. The number of carbonyl (C=O) groups is 2. The predicted octanol–water partition coefficient (Wildman–Crippen LogP) is 0.376. The number of carboxylic acid groups (broad SMARTS) is 1. The summed E-state index contributed by atoms with van der Waals surface area (Å²) in [6.07, 6.45) is 1.24. The SMILES string of the molecule is O=C(O)c1cn(CCNC(=O)c2ccc([N+](=O)[O-])s2)nn1. The maximum Gasteiger partial charge on any atom is 0.358 e. The third kappa shape index (κ3) is 3.60. The maximum absolute atomic E-state index is 11.7. The number of carboxylic acids is 1. The first-order chi connectivity index (χ1) is 9.97. The van der Waals surface area contributed by atoms with Crippen molar-refractivity contribution in [1.29, 1.82) is 0 Å². The van der Waals surface area contributed by atoms with Crippen molar-refractivity contribution in [2.45, 2.75) is 6.54 Å². The van der Waals surface area contributed by atoms with Gasteiger partial charge in [-0.25, -0.2) is 9.48 Å². The molecule has 21 heavy (non-hydrogen) atoms. The third-order valence-corrected chi connectivity index (χ3v) is 3.42. The normalized spacial score (nSPS) is 10.3. The number of aromatic nitrogens is 3. The van der Waals surface area contributed by atoms with Crippen molar-refractivity contribution >= 4 is 28.2 Å². The molecule has 0 radical (unpaired) electrons. The first-order valence-corrected chi connectivity index (χ1v) is 6.45. The Morgan fingerprint density at radius 3 is 2.81 bits per heavy atom. The molecule has 110 valence electrons. The molecule has 0 unspecified atom stereocenters. The molecule has 0 aliphatic heterocycles. The molecular weight excluding hydrogens is 302 g/mol. The molecule has 10 nitrogen and oxygen atoms in total. The molecular formula is C10H9N5O5S. The largest absolute Gasteiger partial charge is 0.476 e. The predicted molar refractivity (Wildman–Crippen MR) is 70.3 cm³/mol. The highest BCUT2D eigenvalue weighted by Gasteiger charge is 2.15. The molecule has 2 heterocycles. The summed E-state index contributed by atoms with van der Waals surface area (Å²) >= 11 is 0.780. The van der Waals surface area contributed by atoms with Gasteiger partial charge in [-0.15, -0.1) is 5.10 Å². The van der Waals surface area contributed by atoms with Gasteiger partial charge in [0.1, 0.15) is 0 Å². The van der Waals surface area contributed by atoms with Crippen molar-refractivity contribution in [2.75, 3.05) is 6.54 Å². The van der Waals surface area contributed by atoms with Gasteiger partial charge in [0, 0.05) is 12.6 Å². The molecule has 0 aliphatic rings. The molecule has 0 saturated carbocycles. The fourth-order valence-electron chi connectivity index (χ4n) is 1.42. The van der Waals surface area contributed by atoms with Gasteiger partial charge >= 0.3 is 11.0 Å². The lowest BCUT2D eigenvalue weighted by atomic mass is 10.4. The molecule has 2 aromatic rings. The van der Waals surface area contributed by atoms with E-state index in [9.17, 15) is 19.7 Å². The fourth-order valence-corrected chi connectivity index (χ4v) is 2.16. The summed E-state index contributed by atoms with van der Waals surface area (Å²) in [6, 6.07) is 2.63. The molecule has 2 rings (SSSR count). The molecule has 0 saturated heterocycles. The molecule has 0 aromatic carbocycles. The van der Waals surface area contributed by atoms with Crippen LogP contribution in [0.5, 0.6) is 0 Å². The van der Waals surface area contributed by atoms with Crippen LogP contribution in [0.1, 0.15) is 20.2 Å². The highest BCUT2D eigenvalue weighted by atomic mass is 32.1. The Morgan fingerprint density at radius 1 is 1.48 bits per heavy atom. The first-order valence-electron chi connectivity index (χ1n) is 5.63. The number of hydrogen-bond donors (Lipinski definition) is 2. The third-order valence-electron chi connectivity index (χ3n) is 2.38. The van der Waals surface area contributed by atoms with Crippen LogP contribution in [0.3, 0.4) is 0 Å². The topological polar surface area (TPSA) is 140 Å². The van der Waals surface area contributed by atoms with E-state index in [2.05, 4.69) is 15.6 Å². The highest BCUT2D eigenvalue weighted by Crippen LogP contribution is 2.23. The van der Waals surface area contributed by atoms with Crippen LogP contribution < -0.4 is 5.32 Å². The number of nitrogens with zero attached hydrogens (tertiary/aromatic N) is 4. The van der Waals surface area contributed by atoms with Crippen LogP contribution in [0.4, 0.5) is 5.00 Å². The average Bonchev–Trinajstić information content (AvgIpc) is 3.07. The zero-order valence-corrected chi connectivity index (χ0v) is 11.2. The fraction of sp³-hybridized carbons (Fsp3) is 0.200. The van der Waals surface area contributed by atoms with E-state index in [1.807, 2.05) is 0 Å². The van der Waals surface area contributed by atoms with Crippen LogP contribution in [0.15, 0.2) is 18.3 Å². The van der Waals surface area contributed by atoms with Crippen LogP contribution in [0, 0.1) is 10.1 Å². The lowest BCUT2D eigenvalue weighted by Gasteiger charge is -2.02. The average molecular weight is 311 g/mol. The zero-order chi connectivity index (χ0) is 15.4. The highest BCUT2D eigenvalue weighted by molar-refractivity contribution is 7.17. The van der Waals surface area contributed by atoms with Gasteiger partial charge in [-0.3, -0.25) is 14.9 Å². The number of carbonyl (C=O) groups excluding carboxylic acids is 1. The second-order valence-electron chi connectivity index (χ2n) is 3.82. The van der Waals surface area contributed by atoms with E-state index in [1.165, 1.54) is 23.0 Å². The minimum atomic E-state index is -1.18. The smallest absolute Gasteiger partial charge is 0.358 e. The van der Waals surface area contributed by atoms with E-state index in [1.54, 1.807) is 0 Å². The summed E-state index contributed by atoms with van der Waals surface area (Å²) in [5.41, 5.74) is -0.185. The van der Waals surface area contributed by atoms with Gasteiger partial charge in [0.2, 0.25) is 0 Å². The second kappa shape index (κ2) is 6.09.